The summed E-state index contributed by atoms with van der Waals surface area (Å²) in [4.78, 5) is 4.40. The molecule has 0 amide bonds. The third-order valence-corrected chi connectivity index (χ3v) is 6.02. The Morgan fingerprint density at radius 2 is 2.12 bits per heavy atom. The van der Waals surface area contributed by atoms with E-state index in [0.717, 1.165) is 42.8 Å². The molecule has 26 heavy (non-hydrogen) atoms. The minimum Gasteiger partial charge on any atom is -0.488 e. The maximum absolute atomic E-state index is 6.19. The third-order valence-electron chi connectivity index (χ3n) is 6.02. The molecule has 2 aliphatic carbocycles. The standard InChI is InChI=1S/C21H31N3O2/c1-15-3-4-16(19(11-15)26-18-7-10-25-13-18)12-23-20(22-2)24-14-21(8-9-21)17-5-6-17/h3-4,11,17-18H,5-10,12-14H2,1-2H3,(H2,22,23,24). The van der Waals surface area contributed by atoms with Crippen LogP contribution in [-0.2, 0) is 11.3 Å². The summed E-state index contributed by atoms with van der Waals surface area (Å²) in [5.41, 5.74) is 2.94. The van der Waals surface area contributed by atoms with Crippen molar-refractivity contribution >= 4 is 5.96 Å². The summed E-state index contributed by atoms with van der Waals surface area (Å²) in [5, 5.41) is 7.00. The van der Waals surface area contributed by atoms with Crippen molar-refractivity contribution in [1.82, 2.24) is 10.6 Å². The first-order valence-electron chi connectivity index (χ1n) is 9.97. The van der Waals surface area contributed by atoms with Crippen molar-refractivity contribution in [3.63, 3.8) is 0 Å². The molecule has 2 N–H and O–H groups in total. The number of rotatable bonds is 7. The summed E-state index contributed by atoms with van der Waals surface area (Å²) >= 11 is 0. The van der Waals surface area contributed by atoms with Crippen LogP contribution in [0.1, 0.15) is 43.2 Å². The second kappa shape index (κ2) is 7.47. The monoisotopic (exact) mass is 357 g/mol. The highest BCUT2D eigenvalue weighted by Crippen LogP contribution is 2.60. The molecule has 1 heterocycles. The quantitative estimate of drug-likeness (QED) is 0.582. The molecule has 4 rings (SSSR count). The molecule has 1 saturated heterocycles. The molecule has 5 heteroatoms. The van der Waals surface area contributed by atoms with Crippen LogP contribution in [0.5, 0.6) is 5.75 Å². The van der Waals surface area contributed by atoms with Gasteiger partial charge in [-0.1, -0.05) is 12.1 Å². The van der Waals surface area contributed by atoms with E-state index in [9.17, 15) is 0 Å². The maximum atomic E-state index is 6.19. The van der Waals surface area contributed by atoms with E-state index in [0.29, 0.717) is 18.6 Å². The molecule has 0 spiro atoms. The van der Waals surface area contributed by atoms with Gasteiger partial charge in [-0.3, -0.25) is 4.99 Å². The fourth-order valence-corrected chi connectivity index (χ4v) is 3.95. The molecular formula is C21H31N3O2. The van der Waals surface area contributed by atoms with Crippen molar-refractivity contribution in [1.29, 1.82) is 0 Å². The fraction of sp³-hybridized carbons (Fsp3) is 0.667. The van der Waals surface area contributed by atoms with Gasteiger partial charge in [0.2, 0.25) is 0 Å². The van der Waals surface area contributed by atoms with Gasteiger partial charge in [0.1, 0.15) is 11.9 Å². The number of benzene rings is 1. The first-order chi connectivity index (χ1) is 12.7. The van der Waals surface area contributed by atoms with Crippen LogP contribution < -0.4 is 15.4 Å². The average molecular weight is 357 g/mol. The minimum absolute atomic E-state index is 0.168. The van der Waals surface area contributed by atoms with Crippen molar-refractivity contribution in [2.24, 2.45) is 16.3 Å². The van der Waals surface area contributed by atoms with Crippen LogP contribution in [-0.4, -0.2) is 38.9 Å². The van der Waals surface area contributed by atoms with E-state index in [1.807, 2.05) is 7.05 Å². The molecule has 3 aliphatic rings. The number of hydrogen-bond donors (Lipinski definition) is 2. The van der Waals surface area contributed by atoms with Gasteiger partial charge in [0.05, 0.1) is 13.2 Å². The van der Waals surface area contributed by atoms with E-state index in [4.69, 9.17) is 9.47 Å². The van der Waals surface area contributed by atoms with Gasteiger partial charge in [-0.15, -0.1) is 0 Å². The zero-order valence-electron chi connectivity index (χ0n) is 16.0. The Kier molecular flexibility index (Phi) is 5.07. The molecule has 1 aromatic carbocycles. The van der Waals surface area contributed by atoms with Crippen molar-refractivity contribution in [3.8, 4) is 5.75 Å². The van der Waals surface area contributed by atoms with Crippen molar-refractivity contribution in [2.45, 2.75) is 51.7 Å². The third kappa shape index (κ3) is 4.14. The Hall–Kier alpha value is -1.75. The van der Waals surface area contributed by atoms with Crippen LogP contribution in [0.2, 0.25) is 0 Å². The number of nitrogens with zero attached hydrogens (tertiary/aromatic N) is 1. The number of aryl methyl sites for hydroxylation is 1. The van der Waals surface area contributed by atoms with E-state index in [1.165, 1.54) is 31.2 Å². The zero-order chi connectivity index (χ0) is 18.0. The molecule has 1 aliphatic heterocycles. The van der Waals surface area contributed by atoms with Gasteiger partial charge in [-0.25, -0.2) is 0 Å². The predicted octanol–water partition coefficient (Wildman–Crippen LogP) is 3.02. The second-order valence-electron chi connectivity index (χ2n) is 8.13. The zero-order valence-corrected chi connectivity index (χ0v) is 16.0. The van der Waals surface area contributed by atoms with Crippen molar-refractivity contribution < 1.29 is 9.47 Å². The van der Waals surface area contributed by atoms with E-state index < -0.39 is 0 Å². The molecule has 0 radical (unpaired) electrons. The van der Waals surface area contributed by atoms with Gasteiger partial charge in [0, 0.05) is 32.1 Å². The summed E-state index contributed by atoms with van der Waals surface area (Å²) in [6.07, 6.45) is 6.72. The smallest absolute Gasteiger partial charge is 0.191 e. The summed E-state index contributed by atoms with van der Waals surface area (Å²) in [6.45, 7) is 5.34. The Morgan fingerprint density at radius 1 is 1.27 bits per heavy atom. The molecule has 0 aromatic heterocycles. The van der Waals surface area contributed by atoms with Gasteiger partial charge < -0.3 is 20.1 Å². The molecule has 1 aromatic rings. The maximum Gasteiger partial charge on any atom is 0.191 e. The summed E-state index contributed by atoms with van der Waals surface area (Å²) in [7, 11) is 1.84. The molecule has 1 unspecified atom stereocenters. The molecule has 5 nitrogen and oxygen atoms in total. The highest BCUT2D eigenvalue weighted by Gasteiger charge is 2.53. The molecule has 3 fully saturated rings. The van der Waals surface area contributed by atoms with Crippen LogP contribution in [0.15, 0.2) is 23.2 Å². The first kappa shape index (κ1) is 17.7. The van der Waals surface area contributed by atoms with E-state index >= 15 is 0 Å². The minimum atomic E-state index is 0.168. The Bertz CT molecular complexity index is 659. The molecular weight excluding hydrogens is 326 g/mol. The van der Waals surface area contributed by atoms with Crippen LogP contribution in [0.25, 0.3) is 0 Å². The van der Waals surface area contributed by atoms with Crippen LogP contribution in [0, 0.1) is 18.3 Å². The molecule has 1 atom stereocenters. The average Bonchev–Trinajstić information content (AvgIpc) is 3.55. The predicted molar refractivity (Wildman–Crippen MR) is 104 cm³/mol. The number of nitrogens with one attached hydrogen (secondary N) is 2. The first-order valence-corrected chi connectivity index (χ1v) is 9.97. The van der Waals surface area contributed by atoms with Gasteiger partial charge >= 0.3 is 0 Å². The lowest BCUT2D eigenvalue weighted by molar-refractivity contribution is 0.140. The van der Waals surface area contributed by atoms with E-state index in [1.54, 1.807) is 0 Å². The van der Waals surface area contributed by atoms with Crippen LogP contribution in [0.3, 0.4) is 0 Å². The SMILES string of the molecule is CN=C(NCc1ccc(C)cc1OC1CCOC1)NCC1(C2CC2)CC1. The van der Waals surface area contributed by atoms with Crippen LogP contribution in [0.4, 0.5) is 0 Å². The Morgan fingerprint density at radius 3 is 2.77 bits per heavy atom. The van der Waals surface area contributed by atoms with Gasteiger partial charge in [-0.05, 0) is 55.6 Å². The van der Waals surface area contributed by atoms with Crippen molar-refractivity contribution in [3.05, 3.63) is 29.3 Å². The summed E-state index contributed by atoms with van der Waals surface area (Å²) < 4.78 is 11.6. The highest BCUT2D eigenvalue weighted by molar-refractivity contribution is 5.79. The molecule has 2 saturated carbocycles. The lowest BCUT2D eigenvalue weighted by Gasteiger charge is -2.20. The number of aliphatic imine (C=N–C) groups is 1. The summed E-state index contributed by atoms with van der Waals surface area (Å²) in [6, 6.07) is 6.41. The Balaban J connectivity index is 1.33. The summed E-state index contributed by atoms with van der Waals surface area (Å²) in [5.74, 6) is 2.80. The Labute approximate surface area is 156 Å². The number of guanidine groups is 1. The number of ether oxygens (including phenoxy) is 2. The largest absolute Gasteiger partial charge is 0.488 e. The second-order valence-corrected chi connectivity index (χ2v) is 8.13. The van der Waals surface area contributed by atoms with Gasteiger partial charge in [-0.2, -0.15) is 0 Å². The van der Waals surface area contributed by atoms with Crippen LogP contribution >= 0.6 is 0 Å². The van der Waals surface area contributed by atoms with Gasteiger partial charge in [0.25, 0.3) is 0 Å². The number of hydrogen-bond acceptors (Lipinski definition) is 3. The highest BCUT2D eigenvalue weighted by atomic mass is 16.5. The van der Waals surface area contributed by atoms with E-state index in [2.05, 4.69) is 40.7 Å². The van der Waals surface area contributed by atoms with Gasteiger partial charge in [0.15, 0.2) is 5.96 Å². The fourth-order valence-electron chi connectivity index (χ4n) is 3.95. The van der Waals surface area contributed by atoms with Crippen molar-refractivity contribution in [2.75, 3.05) is 26.8 Å². The normalized spacial score (nSPS) is 24.4. The molecule has 0 bridgehead atoms. The van der Waals surface area contributed by atoms with E-state index in [-0.39, 0.29) is 6.10 Å². The lowest BCUT2D eigenvalue weighted by Crippen LogP contribution is -2.40. The topological polar surface area (TPSA) is 54.9 Å². The lowest BCUT2D eigenvalue weighted by atomic mass is 10.0. The molecule has 142 valence electrons.